The second-order valence-corrected chi connectivity index (χ2v) is 5.34. The summed E-state index contributed by atoms with van der Waals surface area (Å²) in [5.74, 6) is 1.39. The van der Waals surface area contributed by atoms with Gasteiger partial charge in [0.15, 0.2) is 0 Å². The number of nitrogens with one attached hydrogen (secondary N) is 1. The average molecular weight is 292 g/mol. The Morgan fingerprint density at radius 3 is 2.53 bits per heavy atom. The fourth-order valence-corrected chi connectivity index (χ4v) is 3.12. The third kappa shape index (κ3) is 3.56. The summed E-state index contributed by atoms with van der Waals surface area (Å²) in [5.41, 5.74) is -0.439. The molecule has 1 nitrogen and oxygen atoms in total. The highest BCUT2D eigenvalue weighted by molar-refractivity contribution is 6.18. The van der Waals surface area contributed by atoms with Gasteiger partial charge in [-0.15, -0.1) is 11.6 Å². The van der Waals surface area contributed by atoms with Crippen molar-refractivity contribution in [3.63, 3.8) is 0 Å². The Morgan fingerprint density at radius 1 is 1.16 bits per heavy atom. The first-order chi connectivity index (χ1) is 9.02. The van der Waals surface area contributed by atoms with Crippen LogP contribution in [0.5, 0.6) is 0 Å². The van der Waals surface area contributed by atoms with E-state index in [-0.39, 0.29) is 5.69 Å². The average Bonchev–Trinajstić information content (AvgIpc) is 2.83. The van der Waals surface area contributed by atoms with Gasteiger partial charge in [-0.1, -0.05) is 18.6 Å². The maximum absolute atomic E-state index is 12.8. The second kappa shape index (κ2) is 6.04. The quantitative estimate of drug-likeness (QED) is 0.788. The predicted octanol–water partition coefficient (Wildman–Crippen LogP) is 4.77. The van der Waals surface area contributed by atoms with E-state index in [1.807, 2.05) is 0 Å². The summed E-state index contributed by atoms with van der Waals surface area (Å²) < 4.78 is 38.5. The van der Waals surface area contributed by atoms with Gasteiger partial charge in [-0.2, -0.15) is 13.2 Å². The minimum absolute atomic E-state index is 0.162. The van der Waals surface area contributed by atoms with E-state index in [1.54, 1.807) is 6.07 Å². The van der Waals surface area contributed by atoms with Crippen LogP contribution in [0.3, 0.4) is 0 Å². The van der Waals surface area contributed by atoms with Crippen molar-refractivity contribution in [1.29, 1.82) is 0 Å². The number of rotatable bonds is 4. The molecule has 0 saturated heterocycles. The van der Waals surface area contributed by atoms with Crippen molar-refractivity contribution in [2.75, 3.05) is 17.7 Å². The van der Waals surface area contributed by atoms with Gasteiger partial charge in [0.05, 0.1) is 5.56 Å². The molecule has 19 heavy (non-hydrogen) atoms. The van der Waals surface area contributed by atoms with Gasteiger partial charge in [-0.05, 0) is 36.8 Å². The van der Waals surface area contributed by atoms with E-state index in [2.05, 4.69) is 5.32 Å². The van der Waals surface area contributed by atoms with Crippen molar-refractivity contribution in [3.8, 4) is 0 Å². The normalized spacial score (nSPS) is 23.6. The topological polar surface area (TPSA) is 12.0 Å². The Morgan fingerprint density at radius 2 is 1.84 bits per heavy atom. The van der Waals surface area contributed by atoms with Gasteiger partial charge in [0.1, 0.15) is 0 Å². The Balaban J connectivity index is 2.04. The van der Waals surface area contributed by atoms with E-state index in [1.165, 1.54) is 12.1 Å². The molecule has 0 heterocycles. The number of benzene rings is 1. The van der Waals surface area contributed by atoms with Crippen LogP contribution in [0.15, 0.2) is 24.3 Å². The standard InChI is InChI=1S/C14H17ClF3N/c15-8-10-4-3-5-11(10)9-19-13-7-2-1-6-12(13)14(16,17)18/h1-2,6-7,10-11,19H,3-5,8-9H2. The molecule has 0 amide bonds. The summed E-state index contributed by atoms with van der Waals surface area (Å²) in [4.78, 5) is 0. The molecular formula is C14H17ClF3N. The third-order valence-corrected chi connectivity index (χ3v) is 4.20. The fraction of sp³-hybridized carbons (Fsp3) is 0.571. The lowest BCUT2D eigenvalue weighted by Gasteiger charge is -2.20. The number of hydrogen-bond acceptors (Lipinski definition) is 1. The molecule has 106 valence electrons. The zero-order valence-corrected chi connectivity index (χ0v) is 11.3. The van der Waals surface area contributed by atoms with E-state index in [0.29, 0.717) is 24.3 Å². The van der Waals surface area contributed by atoms with E-state index in [9.17, 15) is 13.2 Å². The molecule has 1 aliphatic carbocycles. The van der Waals surface area contributed by atoms with Crippen LogP contribution in [0.25, 0.3) is 0 Å². The van der Waals surface area contributed by atoms with Crippen molar-refractivity contribution in [2.24, 2.45) is 11.8 Å². The van der Waals surface area contributed by atoms with Crippen molar-refractivity contribution in [3.05, 3.63) is 29.8 Å². The third-order valence-electron chi connectivity index (χ3n) is 3.80. The Bertz CT molecular complexity index is 419. The lowest BCUT2D eigenvalue weighted by Crippen LogP contribution is -2.21. The number of anilines is 1. The molecule has 1 N–H and O–H groups in total. The Labute approximate surface area is 116 Å². The van der Waals surface area contributed by atoms with E-state index in [0.717, 1.165) is 25.3 Å². The Hall–Kier alpha value is -0.900. The maximum atomic E-state index is 12.8. The smallest absolute Gasteiger partial charge is 0.384 e. The molecule has 0 spiro atoms. The predicted molar refractivity (Wildman–Crippen MR) is 71.5 cm³/mol. The number of halogens is 4. The molecule has 5 heteroatoms. The summed E-state index contributed by atoms with van der Waals surface area (Å²) in [6.07, 6.45) is -1.08. The number of hydrogen-bond donors (Lipinski definition) is 1. The van der Waals surface area contributed by atoms with Gasteiger partial charge >= 0.3 is 6.18 Å². The van der Waals surface area contributed by atoms with Gasteiger partial charge < -0.3 is 5.32 Å². The lowest BCUT2D eigenvalue weighted by molar-refractivity contribution is -0.136. The largest absolute Gasteiger partial charge is 0.418 e. The van der Waals surface area contributed by atoms with E-state index in [4.69, 9.17) is 11.6 Å². The monoisotopic (exact) mass is 291 g/mol. The van der Waals surface area contributed by atoms with Crippen LogP contribution in [0.4, 0.5) is 18.9 Å². The van der Waals surface area contributed by atoms with Crippen molar-refractivity contribution >= 4 is 17.3 Å². The lowest BCUT2D eigenvalue weighted by atomic mass is 9.98. The first-order valence-electron chi connectivity index (χ1n) is 6.48. The summed E-state index contributed by atoms with van der Waals surface area (Å²) in [5, 5.41) is 2.95. The number of para-hydroxylation sites is 1. The summed E-state index contributed by atoms with van der Waals surface area (Å²) in [6.45, 7) is 0.560. The molecule has 2 unspecified atom stereocenters. The first kappa shape index (κ1) is 14.5. The van der Waals surface area contributed by atoms with Gasteiger partial charge in [-0.25, -0.2) is 0 Å². The molecule has 0 radical (unpaired) electrons. The first-order valence-corrected chi connectivity index (χ1v) is 7.02. The van der Waals surface area contributed by atoms with Gasteiger partial charge in [0.25, 0.3) is 0 Å². The zero-order chi connectivity index (χ0) is 13.9. The molecule has 1 fully saturated rings. The molecule has 1 aliphatic rings. The second-order valence-electron chi connectivity index (χ2n) is 5.03. The van der Waals surface area contributed by atoms with Crippen LogP contribution >= 0.6 is 11.6 Å². The number of alkyl halides is 4. The minimum Gasteiger partial charge on any atom is -0.384 e. The Kier molecular flexibility index (Phi) is 4.61. The van der Waals surface area contributed by atoms with E-state index < -0.39 is 11.7 Å². The molecule has 2 rings (SSSR count). The van der Waals surface area contributed by atoms with Gasteiger partial charge in [0, 0.05) is 18.1 Å². The SMILES string of the molecule is FC(F)(F)c1ccccc1NCC1CCCC1CCl. The zero-order valence-electron chi connectivity index (χ0n) is 10.5. The molecular weight excluding hydrogens is 275 g/mol. The highest BCUT2D eigenvalue weighted by Crippen LogP contribution is 2.36. The van der Waals surface area contributed by atoms with Crippen LogP contribution in [-0.4, -0.2) is 12.4 Å². The molecule has 0 bridgehead atoms. The molecule has 0 aromatic heterocycles. The van der Waals surface area contributed by atoms with Crippen LogP contribution in [-0.2, 0) is 6.18 Å². The van der Waals surface area contributed by atoms with Crippen LogP contribution in [0, 0.1) is 11.8 Å². The van der Waals surface area contributed by atoms with Crippen LogP contribution < -0.4 is 5.32 Å². The molecule has 2 atom stereocenters. The molecule has 1 aromatic carbocycles. The summed E-state index contributed by atoms with van der Waals surface area (Å²) >= 11 is 5.88. The van der Waals surface area contributed by atoms with Crippen molar-refractivity contribution in [2.45, 2.75) is 25.4 Å². The van der Waals surface area contributed by atoms with Crippen LogP contribution in [0.1, 0.15) is 24.8 Å². The van der Waals surface area contributed by atoms with Gasteiger partial charge in [0.2, 0.25) is 0 Å². The highest BCUT2D eigenvalue weighted by atomic mass is 35.5. The molecule has 1 aromatic rings. The minimum atomic E-state index is -4.31. The summed E-state index contributed by atoms with van der Waals surface area (Å²) in [7, 11) is 0. The van der Waals surface area contributed by atoms with Gasteiger partial charge in [-0.3, -0.25) is 0 Å². The maximum Gasteiger partial charge on any atom is 0.418 e. The van der Waals surface area contributed by atoms with E-state index >= 15 is 0 Å². The van der Waals surface area contributed by atoms with Crippen LogP contribution in [0.2, 0.25) is 0 Å². The molecule has 0 aliphatic heterocycles. The fourth-order valence-electron chi connectivity index (χ4n) is 2.71. The molecule has 1 saturated carbocycles. The highest BCUT2D eigenvalue weighted by Gasteiger charge is 2.33. The summed E-state index contributed by atoms with van der Waals surface area (Å²) in [6, 6.07) is 5.61. The van der Waals surface area contributed by atoms with Crippen molar-refractivity contribution in [1.82, 2.24) is 0 Å². The van der Waals surface area contributed by atoms with Crippen molar-refractivity contribution < 1.29 is 13.2 Å².